The van der Waals surface area contributed by atoms with E-state index in [9.17, 15) is 21.6 Å². The predicted molar refractivity (Wildman–Crippen MR) is 77.8 cm³/mol. The predicted octanol–water partition coefficient (Wildman–Crippen LogP) is 2.92. The van der Waals surface area contributed by atoms with Crippen LogP contribution >= 0.6 is 0 Å². The summed E-state index contributed by atoms with van der Waals surface area (Å²) in [5, 5.41) is 0. The van der Waals surface area contributed by atoms with Gasteiger partial charge in [-0.2, -0.15) is 13.2 Å². The van der Waals surface area contributed by atoms with Crippen molar-refractivity contribution >= 4 is 9.84 Å². The minimum Gasteiger partial charge on any atom is -0.379 e. The standard InChI is InChI=1S/C15H19F3O4S/c1-14(2,12-9-21-6-7-22-10-12)23(19,20)13-5-3-4-11(8-13)15(16,17)18/h3-5,8,12H,6-7,9-10H2,1-2H3. The first-order chi connectivity index (χ1) is 10.6. The number of hydrogen-bond acceptors (Lipinski definition) is 4. The maximum Gasteiger partial charge on any atom is 0.416 e. The number of sulfone groups is 1. The Kier molecular flexibility index (Phi) is 5.08. The van der Waals surface area contributed by atoms with Crippen LogP contribution in [0.5, 0.6) is 0 Å². The summed E-state index contributed by atoms with van der Waals surface area (Å²) < 4.78 is 73.6. The normalized spacial score (nSPS) is 18.7. The average molecular weight is 352 g/mol. The maximum atomic E-state index is 12.9. The van der Waals surface area contributed by atoms with Gasteiger partial charge in [-0.15, -0.1) is 0 Å². The lowest BCUT2D eigenvalue weighted by molar-refractivity contribution is -0.137. The molecule has 0 N–H and O–H groups in total. The first-order valence-corrected chi connectivity index (χ1v) is 8.62. The Morgan fingerprint density at radius 1 is 1.09 bits per heavy atom. The van der Waals surface area contributed by atoms with Gasteiger partial charge in [0.2, 0.25) is 0 Å². The summed E-state index contributed by atoms with van der Waals surface area (Å²) in [4.78, 5) is -0.346. The molecule has 0 spiro atoms. The molecule has 0 radical (unpaired) electrons. The van der Waals surface area contributed by atoms with E-state index in [4.69, 9.17) is 9.47 Å². The summed E-state index contributed by atoms with van der Waals surface area (Å²) in [7, 11) is -4.00. The average Bonchev–Trinajstić information content (AvgIpc) is 2.75. The van der Waals surface area contributed by atoms with E-state index < -0.39 is 32.2 Å². The summed E-state index contributed by atoms with van der Waals surface area (Å²) in [6.45, 7) is 4.10. The Bertz CT molecular complexity index is 645. The van der Waals surface area contributed by atoms with Gasteiger partial charge in [0.05, 0.1) is 41.6 Å². The van der Waals surface area contributed by atoms with E-state index in [0.717, 1.165) is 12.1 Å². The molecule has 130 valence electrons. The number of hydrogen-bond donors (Lipinski definition) is 0. The Balaban J connectivity index is 2.40. The van der Waals surface area contributed by atoms with Crippen molar-refractivity contribution in [1.82, 2.24) is 0 Å². The van der Waals surface area contributed by atoms with Crippen LogP contribution in [0.25, 0.3) is 0 Å². The second-order valence-corrected chi connectivity index (χ2v) is 8.51. The van der Waals surface area contributed by atoms with Crippen LogP contribution in [0.4, 0.5) is 13.2 Å². The fraction of sp³-hybridized carbons (Fsp3) is 0.600. The molecular formula is C15H19F3O4S. The lowest BCUT2D eigenvalue weighted by Crippen LogP contribution is -2.44. The van der Waals surface area contributed by atoms with E-state index in [1.54, 1.807) is 0 Å². The zero-order valence-corrected chi connectivity index (χ0v) is 13.7. The molecule has 1 aliphatic rings. The summed E-state index contributed by atoms with van der Waals surface area (Å²) in [5.41, 5.74) is -0.984. The van der Waals surface area contributed by atoms with Gasteiger partial charge >= 0.3 is 6.18 Å². The van der Waals surface area contributed by atoms with Gasteiger partial charge < -0.3 is 9.47 Å². The van der Waals surface area contributed by atoms with Crippen LogP contribution in [0.2, 0.25) is 0 Å². The number of halogens is 3. The summed E-state index contributed by atoms with van der Waals surface area (Å²) >= 11 is 0. The number of alkyl halides is 3. The van der Waals surface area contributed by atoms with Crippen molar-refractivity contribution < 1.29 is 31.1 Å². The maximum absolute atomic E-state index is 12.9. The number of ether oxygens (including phenoxy) is 2. The Labute approximate surface area is 133 Å². The second kappa shape index (κ2) is 6.41. The van der Waals surface area contributed by atoms with Gasteiger partial charge in [-0.25, -0.2) is 8.42 Å². The van der Waals surface area contributed by atoms with Gasteiger partial charge in [-0.05, 0) is 32.0 Å². The molecular weight excluding hydrogens is 333 g/mol. The summed E-state index contributed by atoms with van der Waals surface area (Å²) in [5.74, 6) is -0.468. The monoisotopic (exact) mass is 352 g/mol. The highest BCUT2D eigenvalue weighted by molar-refractivity contribution is 7.92. The topological polar surface area (TPSA) is 52.6 Å². The fourth-order valence-electron chi connectivity index (χ4n) is 2.38. The smallest absolute Gasteiger partial charge is 0.379 e. The summed E-state index contributed by atoms with van der Waals surface area (Å²) in [6.07, 6.45) is -4.59. The van der Waals surface area contributed by atoms with E-state index in [1.165, 1.54) is 19.9 Å². The van der Waals surface area contributed by atoms with Gasteiger partial charge in [0.25, 0.3) is 0 Å². The van der Waals surface area contributed by atoms with Gasteiger partial charge in [0.1, 0.15) is 0 Å². The highest BCUT2D eigenvalue weighted by Crippen LogP contribution is 2.36. The fourth-order valence-corrected chi connectivity index (χ4v) is 4.10. The highest BCUT2D eigenvalue weighted by atomic mass is 32.2. The largest absolute Gasteiger partial charge is 0.416 e. The number of benzene rings is 1. The lowest BCUT2D eigenvalue weighted by atomic mass is 9.97. The molecule has 0 amide bonds. The van der Waals surface area contributed by atoms with Gasteiger partial charge in [0.15, 0.2) is 9.84 Å². The van der Waals surface area contributed by atoms with Crippen molar-refractivity contribution in [1.29, 1.82) is 0 Å². The third-order valence-corrected chi connectivity index (χ3v) is 6.75. The minimum atomic E-state index is -4.59. The molecule has 1 aromatic rings. The van der Waals surface area contributed by atoms with Crippen LogP contribution < -0.4 is 0 Å². The zero-order chi connectivity index (χ0) is 17.3. The molecule has 1 aromatic carbocycles. The van der Waals surface area contributed by atoms with Crippen LogP contribution in [0.1, 0.15) is 19.4 Å². The van der Waals surface area contributed by atoms with Crippen LogP contribution in [-0.4, -0.2) is 39.6 Å². The Morgan fingerprint density at radius 3 is 2.17 bits per heavy atom. The van der Waals surface area contributed by atoms with E-state index in [1.807, 2.05) is 0 Å². The van der Waals surface area contributed by atoms with Crippen molar-refractivity contribution in [3.63, 3.8) is 0 Å². The van der Waals surface area contributed by atoms with Crippen LogP contribution in [-0.2, 0) is 25.5 Å². The molecule has 0 atom stereocenters. The van der Waals surface area contributed by atoms with E-state index in [-0.39, 0.29) is 18.1 Å². The molecule has 0 aliphatic carbocycles. The molecule has 0 saturated carbocycles. The third-order valence-electron chi connectivity index (χ3n) is 4.16. The van der Waals surface area contributed by atoms with Crippen molar-refractivity contribution in [2.45, 2.75) is 29.7 Å². The van der Waals surface area contributed by atoms with Crippen molar-refractivity contribution in [2.75, 3.05) is 26.4 Å². The van der Waals surface area contributed by atoms with Crippen LogP contribution in [0.15, 0.2) is 29.2 Å². The molecule has 1 heterocycles. The van der Waals surface area contributed by atoms with E-state index >= 15 is 0 Å². The SMILES string of the molecule is CC(C)(C1COCCOC1)S(=O)(=O)c1cccc(C(F)(F)F)c1. The Hall–Kier alpha value is -1.12. The highest BCUT2D eigenvalue weighted by Gasteiger charge is 2.44. The quantitative estimate of drug-likeness (QED) is 0.839. The molecule has 0 unspecified atom stereocenters. The van der Waals surface area contributed by atoms with Crippen LogP contribution in [0.3, 0.4) is 0 Å². The molecule has 8 heteroatoms. The second-order valence-electron chi connectivity index (χ2n) is 5.98. The first kappa shape index (κ1) is 18.2. The lowest BCUT2D eigenvalue weighted by Gasteiger charge is -2.32. The van der Waals surface area contributed by atoms with E-state index in [2.05, 4.69) is 0 Å². The molecule has 4 nitrogen and oxygen atoms in total. The zero-order valence-electron chi connectivity index (χ0n) is 12.9. The van der Waals surface area contributed by atoms with Crippen molar-refractivity contribution in [3.05, 3.63) is 29.8 Å². The first-order valence-electron chi connectivity index (χ1n) is 7.14. The van der Waals surface area contributed by atoms with Gasteiger partial charge in [0, 0.05) is 5.92 Å². The third kappa shape index (κ3) is 3.70. The molecule has 1 fully saturated rings. The Morgan fingerprint density at radius 2 is 1.65 bits per heavy atom. The molecule has 2 rings (SSSR count). The van der Waals surface area contributed by atoms with Crippen molar-refractivity contribution in [3.8, 4) is 0 Å². The van der Waals surface area contributed by atoms with Crippen LogP contribution in [0, 0.1) is 5.92 Å². The van der Waals surface area contributed by atoms with E-state index in [0.29, 0.717) is 19.3 Å². The number of rotatable bonds is 3. The molecule has 1 saturated heterocycles. The van der Waals surface area contributed by atoms with Gasteiger partial charge in [-0.1, -0.05) is 6.07 Å². The van der Waals surface area contributed by atoms with Crippen molar-refractivity contribution in [2.24, 2.45) is 5.92 Å². The minimum absolute atomic E-state index is 0.186. The molecule has 0 bridgehead atoms. The molecule has 1 aliphatic heterocycles. The molecule has 23 heavy (non-hydrogen) atoms. The summed E-state index contributed by atoms with van der Waals surface area (Å²) in [6, 6.07) is 3.82. The molecule has 0 aromatic heterocycles. The van der Waals surface area contributed by atoms with Gasteiger partial charge in [-0.3, -0.25) is 0 Å².